The molecule has 0 radical (unpaired) electrons. The first-order valence-electron chi connectivity index (χ1n) is 4.78. The minimum absolute atomic E-state index is 0.723. The van der Waals surface area contributed by atoms with Gasteiger partial charge in [-0.05, 0) is 25.1 Å². The molecule has 2 aromatic heterocycles. The monoisotopic (exact) mass is 202 g/mol. The predicted molar refractivity (Wildman–Crippen MR) is 62.2 cm³/mol. The number of nitrogens with one attached hydrogen (secondary N) is 1. The molecule has 0 amide bonds. The largest absolute Gasteiger partial charge is 0.397 e. The first kappa shape index (κ1) is 9.58. The van der Waals surface area contributed by atoms with Crippen molar-refractivity contribution in [3.05, 3.63) is 36.3 Å². The molecule has 0 bridgehead atoms. The van der Waals surface area contributed by atoms with Gasteiger partial charge in [0.25, 0.3) is 0 Å². The van der Waals surface area contributed by atoms with Crippen LogP contribution in [0.4, 0.5) is 17.2 Å². The van der Waals surface area contributed by atoms with Gasteiger partial charge in [0.1, 0.15) is 5.82 Å². The fourth-order valence-corrected chi connectivity index (χ4v) is 1.40. The molecule has 0 fully saturated rings. The second kappa shape index (κ2) is 3.65. The number of anilines is 3. The summed E-state index contributed by atoms with van der Waals surface area (Å²) >= 11 is 0. The third-order valence-corrected chi connectivity index (χ3v) is 2.42. The molecule has 0 aliphatic heterocycles. The quantitative estimate of drug-likeness (QED) is 0.783. The molecule has 4 heteroatoms. The van der Waals surface area contributed by atoms with Crippen LogP contribution in [0, 0.1) is 6.92 Å². The van der Waals surface area contributed by atoms with E-state index in [-0.39, 0.29) is 0 Å². The van der Waals surface area contributed by atoms with Crippen molar-refractivity contribution in [2.75, 3.05) is 17.7 Å². The number of nitrogen functional groups attached to an aromatic ring is 1. The van der Waals surface area contributed by atoms with Crippen molar-refractivity contribution in [3.8, 4) is 0 Å². The van der Waals surface area contributed by atoms with Crippen molar-refractivity contribution in [1.29, 1.82) is 0 Å². The van der Waals surface area contributed by atoms with Gasteiger partial charge in [-0.2, -0.15) is 0 Å². The van der Waals surface area contributed by atoms with Gasteiger partial charge in [0.2, 0.25) is 0 Å². The maximum Gasteiger partial charge on any atom is 0.133 e. The maximum absolute atomic E-state index is 5.72. The molecule has 0 aromatic carbocycles. The van der Waals surface area contributed by atoms with Crippen LogP contribution in [0.15, 0.2) is 30.6 Å². The molecule has 0 spiro atoms. The van der Waals surface area contributed by atoms with Crippen LogP contribution in [0.2, 0.25) is 0 Å². The normalized spacial score (nSPS) is 10.3. The Labute approximate surface area is 88.7 Å². The van der Waals surface area contributed by atoms with Crippen molar-refractivity contribution in [2.45, 2.75) is 6.92 Å². The standard InChI is InChI=1S/C11H14N4/c1-8-10(12)3-4-11(14-8)15(2)9-5-6-13-7-9/h3-7,13H,12H2,1-2H3. The van der Waals surface area contributed by atoms with E-state index in [0.29, 0.717) is 0 Å². The second-order valence-electron chi connectivity index (χ2n) is 3.47. The number of aromatic amines is 1. The molecule has 2 aromatic rings. The molecule has 15 heavy (non-hydrogen) atoms. The van der Waals surface area contributed by atoms with E-state index in [1.165, 1.54) is 0 Å². The van der Waals surface area contributed by atoms with E-state index in [1.54, 1.807) is 0 Å². The third kappa shape index (κ3) is 1.79. The third-order valence-electron chi connectivity index (χ3n) is 2.42. The highest BCUT2D eigenvalue weighted by Gasteiger charge is 2.06. The second-order valence-corrected chi connectivity index (χ2v) is 3.47. The molecule has 0 atom stereocenters. The summed E-state index contributed by atoms with van der Waals surface area (Å²) in [7, 11) is 1.97. The Bertz CT molecular complexity index is 448. The van der Waals surface area contributed by atoms with Crippen LogP contribution < -0.4 is 10.6 Å². The Balaban J connectivity index is 2.34. The summed E-state index contributed by atoms with van der Waals surface area (Å²) in [6.07, 6.45) is 3.81. The van der Waals surface area contributed by atoms with Gasteiger partial charge >= 0.3 is 0 Å². The molecule has 3 N–H and O–H groups in total. The van der Waals surface area contributed by atoms with Gasteiger partial charge in [0.05, 0.1) is 17.1 Å². The Morgan fingerprint density at radius 1 is 1.33 bits per heavy atom. The summed E-state index contributed by atoms with van der Waals surface area (Å²) < 4.78 is 0. The molecule has 2 heterocycles. The minimum atomic E-state index is 0.723. The van der Waals surface area contributed by atoms with Crippen LogP contribution in [0.3, 0.4) is 0 Å². The van der Waals surface area contributed by atoms with Crippen LogP contribution in [0.1, 0.15) is 5.69 Å². The summed E-state index contributed by atoms with van der Waals surface area (Å²) in [6.45, 7) is 1.91. The summed E-state index contributed by atoms with van der Waals surface area (Å²) in [5.74, 6) is 0.890. The average molecular weight is 202 g/mol. The predicted octanol–water partition coefficient (Wildman–Crippen LogP) is 2.07. The average Bonchev–Trinajstić information content (AvgIpc) is 2.74. The fourth-order valence-electron chi connectivity index (χ4n) is 1.40. The van der Waals surface area contributed by atoms with Gasteiger partial charge in [-0.25, -0.2) is 4.98 Å². The molecular formula is C11H14N4. The zero-order valence-corrected chi connectivity index (χ0v) is 8.86. The summed E-state index contributed by atoms with van der Waals surface area (Å²) in [5, 5.41) is 0. The van der Waals surface area contributed by atoms with Crippen LogP contribution in [0.25, 0.3) is 0 Å². The number of H-pyrrole nitrogens is 1. The first-order valence-corrected chi connectivity index (χ1v) is 4.78. The SMILES string of the molecule is Cc1nc(N(C)c2cc[nH]c2)ccc1N. The number of nitrogens with zero attached hydrogens (tertiary/aromatic N) is 2. The molecule has 78 valence electrons. The first-order chi connectivity index (χ1) is 7.18. The van der Waals surface area contributed by atoms with E-state index >= 15 is 0 Å². The van der Waals surface area contributed by atoms with E-state index in [4.69, 9.17) is 5.73 Å². The van der Waals surface area contributed by atoms with E-state index in [2.05, 4.69) is 9.97 Å². The highest BCUT2D eigenvalue weighted by atomic mass is 15.2. The molecule has 0 saturated heterocycles. The summed E-state index contributed by atoms with van der Waals surface area (Å²) in [5.41, 5.74) is 8.38. The molecule has 0 aliphatic rings. The fraction of sp³-hybridized carbons (Fsp3) is 0.182. The lowest BCUT2D eigenvalue weighted by atomic mass is 10.3. The minimum Gasteiger partial charge on any atom is -0.397 e. The summed E-state index contributed by atoms with van der Waals surface area (Å²) in [6, 6.07) is 5.78. The maximum atomic E-state index is 5.72. The van der Waals surface area contributed by atoms with Gasteiger partial charge in [-0.1, -0.05) is 0 Å². The topological polar surface area (TPSA) is 57.9 Å². The van der Waals surface area contributed by atoms with Crippen LogP contribution in [-0.2, 0) is 0 Å². The van der Waals surface area contributed by atoms with Crippen LogP contribution in [-0.4, -0.2) is 17.0 Å². The van der Waals surface area contributed by atoms with E-state index < -0.39 is 0 Å². The molecule has 0 aliphatic carbocycles. The lowest BCUT2D eigenvalue weighted by Gasteiger charge is -2.17. The molecule has 0 saturated carbocycles. The van der Waals surface area contributed by atoms with Crippen molar-refractivity contribution >= 4 is 17.2 Å². The molecule has 4 nitrogen and oxygen atoms in total. The van der Waals surface area contributed by atoms with Crippen molar-refractivity contribution in [2.24, 2.45) is 0 Å². The van der Waals surface area contributed by atoms with Crippen LogP contribution >= 0.6 is 0 Å². The smallest absolute Gasteiger partial charge is 0.133 e. The zero-order valence-electron chi connectivity index (χ0n) is 8.86. The van der Waals surface area contributed by atoms with Gasteiger partial charge in [-0.3, -0.25) is 0 Å². The number of hydrogen-bond donors (Lipinski definition) is 2. The van der Waals surface area contributed by atoms with Crippen LogP contribution in [0.5, 0.6) is 0 Å². The van der Waals surface area contributed by atoms with E-state index in [9.17, 15) is 0 Å². The van der Waals surface area contributed by atoms with Gasteiger partial charge in [0, 0.05) is 19.4 Å². The Morgan fingerprint density at radius 3 is 2.73 bits per heavy atom. The number of aromatic nitrogens is 2. The van der Waals surface area contributed by atoms with Crippen molar-refractivity contribution in [3.63, 3.8) is 0 Å². The van der Waals surface area contributed by atoms with Gasteiger partial charge < -0.3 is 15.6 Å². The Morgan fingerprint density at radius 2 is 2.13 bits per heavy atom. The highest BCUT2D eigenvalue weighted by Crippen LogP contribution is 2.22. The van der Waals surface area contributed by atoms with Crippen molar-refractivity contribution in [1.82, 2.24) is 9.97 Å². The number of rotatable bonds is 2. The van der Waals surface area contributed by atoms with Gasteiger partial charge in [0.15, 0.2) is 0 Å². The Kier molecular flexibility index (Phi) is 2.33. The Hall–Kier alpha value is -1.97. The number of aryl methyl sites for hydroxylation is 1. The molecular weight excluding hydrogens is 188 g/mol. The molecule has 2 rings (SSSR count). The van der Waals surface area contributed by atoms with E-state index in [0.717, 1.165) is 22.9 Å². The summed E-state index contributed by atoms with van der Waals surface area (Å²) in [4.78, 5) is 9.43. The number of hydrogen-bond acceptors (Lipinski definition) is 3. The van der Waals surface area contributed by atoms with Gasteiger partial charge in [-0.15, -0.1) is 0 Å². The lowest BCUT2D eigenvalue weighted by molar-refractivity contribution is 1.10. The number of pyridine rings is 1. The highest BCUT2D eigenvalue weighted by molar-refractivity contribution is 5.60. The zero-order chi connectivity index (χ0) is 10.8. The lowest BCUT2D eigenvalue weighted by Crippen LogP contribution is -2.11. The van der Waals surface area contributed by atoms with E-state index in [1.807, 2.05) is 49.5 Å². The van der Waals surface area contributed by atoms with Crippen molar-refractivity contribution < 1.29 is 0 Å². The molecule has 0 unspecified atom stereocenters. The number of nitrogens with two attached hydrogens (primary N) is 1.